The van der Waals surface area contributed by atoms with Gasteiger partial charge < -0.3 is 4.74 Å². The van der Waals surface area contributed by atoms with Crippen LogP contribution in [0.5, 0.6) is 0 Å². The van der Waals surface area contributed by atoms with Crippen LogP contribution in [-0.2, 0) is 14.1 Å². The second-order valence-corrected chi connectivity index (χ2v) is 11.9. The zero-order chi connectivity index (χ0) is 21.9. The molecule has 0 bridgehead atoms. The van der Waals surface area contributed by atoms with Crippen LogP contribution in [0.25, 0.3) is 0 Å². The molecule has 1 aliphatic rings. The lowest BCUT2D eigenvalue weighted by atomic mass is 9.98. The third kappa shape index (κ3) is 4.77. The Morgan fingerprint density at radius 2 is 1.53 bits per heavy atom. The van der Waals surface area contributed by atoms with Gasteiger partial charge in [0, 0.05) is 23.2 Å². The summed E-state index contributed by atoms with van der Waals surface area (Å²) in [7, 11) is -3.14. The summed E-state index contributed by atoms with van der Waals surface area (Å²) in [5.41, 5.74) is 0.0433. The summed E-state index contributed by atoms with van der Waals surface area (Å²) < 4.78 is 22.5. The van der Waals surface area contributed by atoms with Crippen LogP contribution in [0.15, 0.2) is 72.3 Å². The molecule has 1 atom stereocenters. The first-order chi connectivity index (χ1) is 14.1. The summed E-state index contributed by atoms with van der Waals surface area (Å²) in [6.07, 6.45) is 2.63. The lowest BCUT2D eigenvalue weighted by molar-refractivity contribution is -0.150. The second-order valence-electron chi connectivity index (χ2n) is 9.18. The van der Waals surface area contributed by atoms with Crippen LogP contribution in [0.1, 0.15) is 41.0 Å². The molecule has 0 unspecified atom stereocenters. The van der Waals surface area contributed by atoms with Crippen molar-refractivity contribution in [1.82, 2.24) is 4.67 Å². The Hall–Kier alpha value is -2.16. The molecular weight excluding hydrogens is 393 g/mol. The van der Waals surface area contributed by atoms with Crippen molar-refractivity contribution in [3.63, 3.8) is 0 Å². The average Bonchev–Trinajstić information content (AvgIpc) is 3.11. The van der Waals surface area contributed by atoms with Crippen LogP contribution in [0.2, 0.25) is 0 Å². The highest BCUT2D eigenvalue weighted by Gasteiger charge is 2.44. The van der Waals surface area contributed by atoms with Gasteiger partial charge in [-0.2, -0.15) is 0 Å². The molecule has 0 radical (unpaired) electrons. The molecule has 0 saturated carbocycles. The summed E-state index contributed by atoms with van der Waals surface area (Å²) in [5.74, 6) is 0.0183. The van der Waals surface area contributed by atoms with Gasteiger partial charge in [-0.25, -0.2) is 9.46 Å². The van der Waals surface area contributed by atoms with Crippen molar-refractivity contribution in [2.75, 3.05) is 6.54 Å². The maximum absolute atomic E-state index is 14.8. The van der Waals surface area contributed by atoms with Gasteiger partial charge in [0.15, 0.2) is 0 Å². The predicted octanol–water partition coefficient (Wildman–Crippen LogP) is 4.91. The largest absolute Gasteiger partial charge is 0.457 e. The summed E-state index contributed by atoms with van der Waals surface area (Å²) in [4.78, 5) is 13.0. The van der Waals surface area contributed by atoms with E-state index in [4.69, 9.17) is 4.74 Å². The summed E-state index contributed by atoms with van der Waals surface area (Å²) in [6.45, 7) is 10.3. The monoisotopic (exact) mass is 425 g/mol. The molecule has 0 saturated heterocycles. The van der Waals surface area contributed by atoms with E-state index in [0.717, 1.165) is 17.0 Å². The van der Waals surface area contributed by atoms with Gasteiger partial charge >= 0.3 is 5.97 Å². The van der Waals surface area contributed by atoms with Crippen molar-refractivity contribution < 1.29 is 14.1 Å². The highest BCUT2D eigenvalue weighted by Crippen LogP contribution is 2.52. The number of ether oxygens (including phenoxy) is 1. The molecule has 1 aliphatic heterocycles. The fourth-order valence-corrected chi connectivity index (χ4v) is 6.85. The van der Waals surface area contributed by atoms with E-state index in [1.807, 2.05) is 92.2 Å². The molecule has 0 aromatic heterocycles. The van der Waals surface area contributed by atoms with Gasteiger partial charge in [0.25, 0.3) is 0 Å². The van der Waals surface area contributed by atoms with E-state index in [2.05, 4.69) is 13.8 Å². The van der Waals surface area contributed by atoms with Crippen LogP contribution >= 0.6 is 7.29 Å². The lowest BCUT2D eigenvalue weighted by Gasteiger charge is -2.36. The van der Waals surface area contributed by atoms with E-state index < -0.39 is 12.9 Å². The first-order valence-corrected chi connectivity index (χ1v) is 12.2. The molecule has 3 rings (SSSR count). The minimum absolute atomic E-state index is 0.258. The van der Waals surface area contributed by atoms with E-state index in [1.54, 1.807) is 0 Å². The molecule has 0 N–H and O–H groups in total. The molecule has 0 amide bonds. The number of carbonyl (C=O) groups excluding carboxylic acids is 1. The summed E-state index contributed by atoms with van der Waals surface area (Å²) in [6, 6.07) is 19.0. The Balaban J connectivity index is 2.07. The average molecular weight is 426 g/mol. The highest BCUT2D eigenvalue weighted by molar-refractivity contribution is 7.76. The first-order valence-electron chi connectivity index (χ1n) is 10.5. The predicted molar refractivity (Wildman–Crippen MR) is 124 cm³/mol. The number of esters is 1. The SMILES string of the molecule is CC(C)C[C@@H]1C(C(=O)OC(C)(C)C)=CCN1P(=O)(c1ccccc1)c1ccccc1. The quantitative estimate of drug-likeness (QED) is 0.487. The zero-order valence-electron chi connectivity index (χ0n) is 18.5. The van der Waals surface area contributed by atoms with Crippen molar-refractivity contribution >= 4 is 23.9 Å². The Labute approximate surface area is 180 Å². The molecule has 1 heterocycles. The van der Waals surface area contributed by atoms with Gasteiger partial charge in [-0.05, 0) is 57.4 Å². The molecule has 4 nitrogen and oxygen atoms in total. The molecule has 0 spiro atoms. The van der Waals surface area contributed by atoms with Crippen molar-refractivity contribution in [1.29, 1.82) is 0 Å². The van der Waals surface area contributed by atoms with Crippen molar-refractivity contribution in [2.45, 2.75) is 52.7 Å². The van der Waals surface area contributed by atoms with Gasteiger partial charge in [-0.15, -0.1) is 0 Å². The van der Waals surface area contributed by atoms with Gasteiger partial charge in [0.1, 0.15) is 5.60 Å². The topological polar surface area (TPSA) is 46.6 Å². The smallest absolute Gasteiger partial charge is 0.335 e. The van der Waals surface area contributed by atoms with Crippen molar-refractivity contribution in [3.05, 3.63) is 72.3 Å². The highest BCUT2D eigenvalue weighted by atomic mass is 31.2. The number of hydrogen-bond donors (Lipinski definition) is 0. The lowest BCUT2D eigenvalue weighted by Crippen LogP contribution is -2.40. The van der Waals surface area contributed by atoms with Gasteiger partial charge in [0.05, 0.1) is 5.57 Å². The molecule has 0 aliphatic carbocycles. The van der Waals surface area contributed by atoms with Gasteiger partial charge in [-0.1, -0.05) is 56.3 Å². The first kappa shape index (κ1) is 22.5. The zero-order valence-corrected chi connectivity index (χ0v) is 19.4. The molecule has 2 aromatic rings. The molecule has 2 aromatic carbocycles. The van der Waals surface area contributed by atoms with Crippen LogP contribution in [0.4, 0.5) is 0 Å². The minimum Gasteiger partial charge on any atom is -0.457 e. The molecule has 30 heavy (non-hydrogen) atoms. The molecule has 5 heteroatoms. The van der Waals surface area contributed by atoms with Gasteiger partial charge in [0.2, 0.25) is 7.29 Å². The van der Waals surface area contributed by atoms with Crippen LogP contribution in [-0.4, -0.2) is 28.8 Å². The summed E-state index contributed by atoms with van der Waals surface area (Å²) >= 11 is 0. The van der Waals surface area contributed by atoms with Crippen LogP contribution < -0.4 is 10.6 Å². The third-order valence-corrected chi connectivity index (χ3v) is 8.28. The Kier molecular flexibility index (Phi) is 6.69. The van der Waals surface area contributed by atoms with Crippen molar-refractivity contribution in [3.8, 4) is 0 Å². The molecule has 0 fully saturated rings. The minimum atomic E-state index is -3.14. The maximum Gasteiger partial charge on any atom is 0.335 e. The van der Waals surface area contributed by atoms with E-state index in [0.29, 0.717) is 18.0 Å². The van der Waals surface area contributed by atoms with Crippen molar-refractivity contribution in [2.24, 2.45) is 5.92 Å². The Bertz CT molecular complexity index is 902. The van der Waals surface area contributed by atoms with E-state index in [9.17, 15) is 9.36 Å². The molecule has 160 valence electrons. The molecular formula is C25H32NO3P. The Morgan fingerprint density at radius 1 is 1.03 bits per heavy atom. The maximum atomic E-state index is 14.8. The van der Waals surface area contributed by atoms with Gasteiger partial charge in [-0.3, -0.25) is 4.57 Å². The third-order valence-electron chi connectivity index (χ3n) is 5.12. The number of benzene rings is 2. The standard InChI is InChI=1S/C25H32NO3P/c1-19(2)18-23-22(24(27)29-25(3,4)5)16-17-26(23)30(28,20-12-8-6-9-13-20)21-14-10-7-11-15-21/h6-16,19,23H,17-18H2,1-5H3/t23-/m1/s1. The summed E-state index contributed by atoms with van der Waals surface area (Å²) in [5, 5.41) is 1.56. The second kappa shape index (κ2) is 8.91. The fraction of sp³-hybridized carbons (Fsp3) is 0.400. The van der Waals surface area contributed by atoms with E-state index >= 15 is 0 Å². The van der Waals surface area contributed by atoms with E-state index in [1.165, 1.54) is 0 Å². The number of carbonyl (C=O) groups is 1. The number of hydrogen-bond acceptors (Lipinski definition) is 3. The van der Waals surface area contributed by atoms with Crippen LogP contribution in [0, 0.1) is 5.92 Å². The fourth-order valence-electron chi connectivity index (χ4n) is 3.88. The van der Waals surface area contributed by atoms with E-state index in [-0.39, 0.29) is 12.0 Å². The number of nitrogens with zero attached hydrogens (tertiary/aromatic N) is 1. The number of rotatable bonds is 6. The Morgan fingerprint density at radius 3 is 1.97 bits per heavy atom. The van der Waals surface area contributed by atoms with Crippen LogP contribution in [0.3, 0.4) is 0 Å². The normalized spacial score (nSPS) is 17.8.